The molecule has 82 valence electrons. The quantitative estimate of drug-likeness (QED) is 0.734. The molecule has 0 unspecified atom stereocenters. The van der Waals surface area contributed by atoms with Crippen LogP contribution in [-0.4, -0.2) is 11.8 Å². The van der Waals surface area contributed by atoms with Gasteiger partial charge in [0.15, 0.2) is 0 Å². The third kappa shape index (κ3) is 1.74. The van der Waals surface area contributed by atoms with E-state index in [0.29, 0.717) is 20.2 Å². The van der Waals surface area contributed by atoms with Crippen molar-refractivity contribution in [3.63, 3.8) is 0 Å². The van der Waals surface area contributed by atoms with Crippen molar-refractivity contribution >= 4 is 49.4 Å². The number of nitrogens with zero attached hydrogens (tertiary/aromatic N) is 1. The molecule has 0 bridgehead atoms. The van der Waals surface area contributed by atoms with Gasteiger partial charge in [0, 0.05) is 20.6 Å². The van der Waals surface area contributed by atoms with Crippen LogP contribution >= 0.6 is 31.9 Å². The fourth-order valence-electron chi connectivity index (χ4n) is 1.50. The number of amides is 2. The SMILES string of the molecule is CC1=CC(=O)N(c2c(Br)cccc2Br)C1=O. The smallest absolute Gasteiger partial charge is 0.261 e. The van der Waals surface area contributed by atoms with Gasteiger partial charge in [-0.25, -0.2) is 4.90 Å². The zero-order valence-corrected chi connectivity index (χ0v) is 11.5. The van der Waals surface area contributed by atoms with Gasteiger partial charge in [0.25, 0.3) is 11.8 Å². The molecule has 0 saturated heterocycles. The maximum Gasteiger partial charge on any atom is 0.261 e. The molecule has 1 heterocycles. The highest BCUT2D eigenvalue weighted by Crippen LogP contribution is 2.36. The van der Waals surface area contributed by atoms with E-state index >= 15 is 0 Å². The highest BCUT2D eigenvalue weighted by Gasteiger charge is 2.32. The molecule has 0 spiro atoms. The van der Waals surface area contributed by atoms with Gasteiger partial charge in [-0.15, -0.1) is 0 Å². The molecule has 0 aliphatic carbocycles. The number of carbonyl (C=O) groups excluding carboxylic acids is 2. The summed E-state index contributed by atoms with van der Waals surface area (Å²) in [5.74, 6) is -0.590. The summed E-state index contributed by atoms with van der Waals surface area (Å²) in [6, 6.07) is 5.39. The van der Waals surface area contributed by atoms with E-state index in [2.05, 4.69) is 31.9 Å². The average Bonchev–Trinajstić information content (AvgIpc) is 2.44. The molecule has 2 rings (SSSR count). The Bertz CT molecular complexity index is 502. The minimum Gasteiger partial charge on any atom is -0.269 e. The van der Waals surface area contributed by atoms with E-state index in [0.717, 1.165) is 4.90 Å². The van der Waals surface area contributed by atoms with E-state index in [-0.39, 0.29) is 11.8 Å². The van der Waals surface area contributed by atoms with Gasteiger partial charge in [-0.3, -0.25) is 9.59 Å². The molecule has 1 aromatic rings. The molecule has 1 aromatic carbocycles. The molecule has 2 amide bonds. The summed E-state index contributed by atoms with van der Waals surface area (Å²) in [4.78, 5) is 24.7. The average molecular weight is 345 g/mol. The van der Waals surface area contributed by atoms with Crippen LogP contribution in [0.3, 0.4) is 0 Å². The third-order valence-electron chi connectivity index (χ3n) is 2.26. The van der Waals surface area contributed by atoms with Crippen LogP contribution in [0.4, 0.5) is 5.69 Å². The van der Waals surface area contributed by atoms with E-state index in [9.17, 15) is 9.59 Å². The van der Waals surface area contributed by atoms with E-state index in [1.807, 2.05) is 6.07 Å². The van der Waals surface area contributed by atoms with E-state index < -0.39 is 0 Å². The van der Waals surface area contributed by atoms with Crippen molar-refractivity contribution in [3.8, 4) is 0 Å². The number of para-hydroxylation sites is 1. The second-order valence-electron chi connectivity index (χ2n) is 3.38. The monoisotopic (exact) mass is 343 g/mol. The fraction of sp³-hybridized carbons (Fsp3) is 0.0909. The van der Waals surface area contributed by atoms with Crippen molar-refractivity contribution < 1.29 is 9.59 Å². The molecule has 16 heavy (non-hydrogen) atoms. The van der Waals surface area contributed by atoms with Crippen LogP contribution in [0, 0.1) is 0 Å². The summed E-state index contributed by atoms with van der Waals surface area (Å²) in [6.07, 6.45) is 1.34. The summed E-state index contributed by atoms with van der Waals surface area (Å²) >= 11 is 6.67. The van der Waals surface area contributed by atoms with E-state index in [1.165, 1.54) is 6.08 Å². The number of rotatable bonds is 1. The standard InChI is InChI=1S/C11H7Br2NO2/c1-6-5-9(15)14(11(6)16)10-7(12)3-2-4-8(10)13/h2-5H,1H3. The minimum atomic E-state index is -0.310. The van der Waals surface area contributed by atoms with Crippen molar-refractivity contribution in [2.45, 2.75) is 6.92 Å². The summed E-state index contributed by atoms with van der Waals surface area (Å²) in [5.41, 5.74) is 0.998. The molecule has 3 nitrogen and oxygen atoms in total. The van der Waals surface area contributed by atoms with Crippen LogP contribution < -0.4 is 4.90 Å². The maximum atomic E-state index is 11.8. The first-order valence-corrected chi connectivity index (χ1v) is 6.11. The van der Waals surface area contributed by atoms with Gasteiger partial charge >= 0.3 is 0 Å². The lowest BCUT2D eigenvalue weighted by molar-refractivity contribution is -0.120. The Kier molecular flexibility index (Phi) is 2.99. The number of carbonyl (C=O) groups is 2. The second-order valence-corrected chi connectivity index (χ2v) is 5.09. The molecule has 0 atom stereocenters. The maximum absolute atomic E-state index is 11.8. The molecule has 0 N–H and O–H groups in total. The number of halogens is 2. The molecular weight excluding hydrogens is 338 g/mol. The molecular formula is C11H7Br2NO2. The topological polar surface area (TPSA) is 37.4 Å². The number of anilines is 1. The summed E-state index contributed by atoms with van der Waals surface area (Å²) in [5, 5.41) is 0. The number of benzene rings is 1. The van der Waals surface area contributed by atoms with Crippen LogP contribution in [-0.2, 0) is 9.59 Å². The molecule has 0 fully saturated rings. The lowest BCUT2D eigenvalue weighted by atomic mass is 10.3. The number of hydrogen-bond acceptors (Lipinski definition) is 2. The van der Waals surface area contributed by atoms with Crippen molar-refractivity contribution in [2.24, 2.45) is 0 Å². The van der Waals surface area contributed by atoms with Gasteiger partial charge in [0.05, 0.1) is 5.69 Å². The molecule has 0 radical (unpaired) electrons. The van der Waals surface area contributed by atoms with Gasteiger partial charge in [-0.2, -0.15) is 0 Å². The normalized spacial score (nSPS) is 15.7. The highest BCUT2D eigenvalue weighted by atomic mass is 79.9. The van der Waals surface area contributed by atoms with Crippen LogP contribution in [0.2, 0.25) is 0 Å². The van der Waals surface area contributed by atoms with Gasteiger partial charge in [0.1, 0.15) is 0 Å². The van der Waals surface area contributed by atoms with Gasteiger partial charge in [-0.05, 0) is 50.9 Å². The first kappa shape index (κ1) is 11.5. The Morgan fingerprint density at radius 2 is 1.69 bits per heavy atom. The van der Waals surface area contributed by atoms with Crippen molar-refractivity contribution in [2.75, 3.05) is 4.90 Å². The Morgan fingerprint density at radius 3 is 2.12 bits per heavy atom. The predicted molar refractivity (Wildman–Crippen MR) is 68.1 cm³/mol. The highest BCUT2D eigenvalue weighted by molar-refractivity contribution is 9.11. The Balaban J connectivity index is 2.55. The van der Waals surface area contributed by atoms with E-state index in [4.69, 9.17) is 0 Å². The molecule has 1 aliphatic heterocycles. The number of imide groups is 1. The van der Waals surface area contributed by atoms with Gasteiger partial charge in [-0.1, -0.05) is 6.07 Å². The Hall–Kier alpha value is -0.940. The lowest BCUT2D eigenvalue weighted by Crippen LogP contribution is -2.31. The molecule has 5 heteroatoms. The van der Waals surface area contributed by atoms with Crippen molar-refractivity contribution in [1.29, 1.82) is 0 Å². The molecule has 0 aromatic heterocycles. The zero-order valence-electron chi connectivity index (χ0n) is 8.33. The van der Waals surface area contributed by atoms with Crippen LogP contribution in [0.5, 0.6) is 0 Å². The molecule has 1 aliphatic rings. The van der Waals surface area contributed by atoms with Crippen molar-refractivity contribution in [1.82, 2.24) is 0 Å². The van der Waals surface area contributed by atoms with Crippen LogP contribution in [0.15, 0.2) is 38.8 Å². The first-order valence-electron chi connectivity index (χ1n) is 4.53. The van der Waals surface area contributed by atoms with Crippen LogP contribution in [0.25, 0.3) is 0 Å². The fourth-order valence-corrected chi connectivity index (χ4v) is 2.86. The second kappa shape index (κ2) is 4.14. The Morgan fingerprint density at radius 1 is 1.12 bits per heavy atom. The van der Waals surface area contributed by atoms with Gasteiger partial charge < -0.3 is 0 Å². The third-order valence-corrected chi connectivity index (χ3v) is 3.54. The minimum absolute atomic E-state index is 0.280. The largest absolute Gasteiger partial charge is 0.269 e. The summed E-state index contributed by atoms with van der Waals surface area (Å²) in [7, 11) is 0. The zero-order chi connectivity index (χ0) is 11.9. The van der Waals surface area contributed by atoms with E-state index in [1.54, 1.807) is 19.1 Å². The van der Waals surface area contributed by atoms with Crippen LogP contribution in [0.1, 0.15) is 6.92 Å². The number of hydrogen-bond donors (Lipinski definition) is 0. The predicted octanol–water partition coefficient (Wildman–Crippen LogP) is 3.03. The lowest BCUT2D eigenvalue weighted by Gasteiger charge is -2.17. The first-order chi connectivity index (χ1) is 7.52. The summed E-state index contributed by atoms with van der Waals surface area (Å²) in [6.45, 7) is 1.63. The Labute approximate surface area is 109 Å². The summed E-state index contributed by atoms with van der Waals surface area (Å²) < 4.78 is 1.40. The molecule has 0 saturated carbocycles. The van der Waals surface area contributed by atoms with Crippen molar-refractivity contribution in [3.05, 3.63) is 38.8 Å². The van der Waals surface area contributed by atoms with Gasteiger partial charge in [0.2, 0.25) is 0 Å².